The average molecular weight is 453 g/mol. The molecule has 6 rings (SSSR count). The van der Waals surface area contributed by atoms with Gasteiger partial charge in [0.25, 0.3) is 5.56 Å². The van der Waals surface area contributed by atoms with E-state index < -0.39 is 0 Å². The van der Waals surface area contributed by atoms with Crippen LogP contribution in [0.1, 0.15) is 34.0 Å². The second-order valence-corrected chi connectivity index (χ2v) is 9.91. The Labute approximate surface area is 193 Å². The average Bonchev–Trinajstić information content (AvgIpc) is 3.47. The van der Waals surface area contributed by atoms with Gasteiger partial charge in [0.15, 0.2) is 4.80 Å². The molecular formula is C27H20N2OS2. The molecule has 0 saturated carbocycles. The predicted molar refractivity (Wildman–Crippen MR) is 133 cm³/mol. The second kappa shape index (κ2) is 8.01. The monoisotopic (exact) mass is 452 g/mol. The molecule has 0 saturated heterocycles. The molecule has 2 aliphatic rings. The molecule has 5 heteroatoms. The van der Waals surface area contributed by atoms with Gasteiger partial charge in [-0.2, -0.15) is 0 Å². The predicted octanol–water partition coefficient (Wildman–Crippen LogP) is 5.05. The summed E-state index contributed by atoms with van der Waals surface area (Å²) in [7, 11) is 0. The molecule has 1 aliphatic heterocycles. The number of thiophene rings is 1. The summed E-state index contributed by atoms with van der Waals surface area (Å²) >= 11 is 3.18. The van der Waals surface area contributed by atoms with E-state index >= 15 is 0 Å². The Morgan fingerprint density at radius 1 is 0.969 bits per heavy atom. The molecule has 0 amide bonds. The highest BCUT2D eigenvalue weighted by Gasteiger charge is 2.32. The second-order valence-electron chi connectivity index (χ2n) is 7.92. The van der Waals surface area contributed by atoms with Gasteiger partial charge in [-0.3, -0.25) is 9.36 Å². The fraction of sp³-hybridized carbons (Fsp3) is 0.111. The van der Waals surface area contributed by atoms with Gasteiger partial charge in [0.2, 0.25) is 0 Å². The van der Waals surface area contributed by atoms with E-state index in [4.69, 9.17) is 4.99 Å². The Morgan fingerprint density at radius 2 is 1.81 bits per heavy atom. The lowest BCUT2D eigenvalue weighted by atomic mass is 9.85. The number of aryl methyl sites for hydroxylation is 1. The van der Waals surface area contributed by atoms with Crippen LogP contribution in [0, 0.1) is 0 Å². The standard InChI is InChI=1S/C27H20N2OS2/c30-26-23(13-6-10-18-8-2-1-3-9-18)32-27-28-24-20-12-5-4-11-19(20)15-16-21(24)25(29(26)27)22-14-7-17-31-22/h1-14,17,25H,15-16H2/b10-6+,23-13-/t25-/m1/s1. The Hall–Kier alpha value is -3.28. The van der Waals surface area contributed by atoms with Crippen molar-refractivity contribution in [2.75, 3.05) is 0 Å². The summed E-state index contributed by atoms with van der Waals surface area (Å²) in [5.74, 6) is 0. The summed E-state index contributed by atoms with van der Waals surface area (Å²) in [5.41, 5.74) is 6.00. The van der Waals surface area contributed by atoms with Crippen molar-refractivity contribution in [1.82, 2.24) is 4.57 Å². The third-order valence-electron chi connectivity index (χ3n) is 6.02. The molecule has 0 spiro atoms. The Balaban J connectivity index is 1.54. The van der Waals surface area contributed by atoms with Gasteiger partial charge >= 0.3 is 0 Å². The Bertz CT molecular complexity index is 1540. The van der Waals surface area contributed by atoms with Gasteiger partial charge < -0.3 is 0 Å². The van der Waals surface area contributed by atoms with E-state index in [0.717, 1.165) is 28.9 Å². The molecule has 3 heterocycles. The first-order valence-corrected chi connectivity index (χ1v) is 12.4. The number of allylic oxidation sites excluding steroid dienone is 2. The van der Waals surface area contributed by atoms with Gasteiger partial charge in [-0.25, -0.2) is 4.99 Å². The van der Waals surface area contributed by atoms with Crippen LogP contribution in [-0.4, -0.2) is 4.57 Å². The first kappa shape index (κ1) is 19.4. The van der Waals surface area contributed by atoms with E-state index in [2.05, 4.69) is 41.8 Å². The lowest BCUT2D eigenvalue weighted by Gasteiger charge is -2.30. The highest BCUT2D eigenvalue weighted by atomic mass is 32.1. The summed E-state index contributed by atoms with van der Waals surface area (Å²) in [5, 5.41) is 2.09. The smallest absolute Gasteiger partial charge is 0.271 e. The van der Waals surface area contributed by atoms with Crippen LogP contribution in [-0.2, 0) is 6.42 Å². The topological polar surface area (TPSA) is 34.4 Å². The van der Waals surface area contributed by atoms with E-state index in [1.54, 1.807) is 11.3 Å². The van der Waals surface area contributed by atoms with Crippen LogP contribution in [0.4, 0.5) is 0 Å². The van der Waals surface area contributed by atoms with Crippen molar-refractivity contribution in [2.24, 2.45) is 4.99 Å². The molecule has 2 aromatic heterocycles. The van der Waals surface area contributed by atoms with E-state index in [1.807, 2.05) is 53.1 Å². The normalized spacial score (nSPS) is 17.8. The summed E-state index contributed by atoms with van der Waals surface area (Å²) in [6.45, 7) is 0. The summed E-state index contributed by atoms with van der Waals surface area (Å²) in [6.07, 6.45) is 7.80. The third-order valence-corrected chi connectivity index (χ3v) is 7.95. The molecule has 0 N–H and O–H groups in total. The minimum absolute atomic E-state index is 0.0373. The van der Waals surface area contributed by atoms with Crippen molar-refractivity contribution in [3.63, 3.8) is 0 Å². The molecule has 32 heavy (non-hydrogen) atoms. The van der Waals surface area contributed by atoms with Crippen LogP contribution >= 0.6 is 22.7 Å². The van der Waals surface area contributed by atoms with E-state index in [0.29, 0.717) is 4.53 Å². The van der Waals surface area contributed by atoms with Crippen LogP contribution in [0.5, 0.6) is 0 Å². The van der Waals surface area contributed by atoms with Crippen LogP contribution in [0.3, 0.4) is 0 Å². The van der Waals surface area contributed by atoms with E-state index in [-0.39, 0.29) is 11.6 Å². The first-order chi connectivity index (χ1) is 15.8. The SMILES string of the molecule is O=c1/c(=C/C=C/c2ccccc2)sc2n1[C@@H](c1cccs1)C1=C(N=2)c2ccccc2CC1. The minimum atomic E-state index is -0.0742. The van der Waals surface area contributed by atoms with Gasteiger partial charge in [0.05, 0.1) is 16.3 Å². The van der Waals surface area contributed by atoms with Gasteiger partial charge in [0.1, 0.15) is 0 Å². The van der Waals surface area contributed by atoms with Crippen LogP contribution in [0.15, 0.2) is 93.5 Å². The number of hydrogen-bond acceptors (Lipinski definition) is 4. The molecule has 0 radical (unpaired) electrons. The fourth-order valence-electron chi connectivity index (χ4n) is 4.54. The first-order valence-electron chi connectivity index (χ1n) is 10.7. The van der Waals surface area contributed by atoms with Crippen molar-refractivity contribution in [3.8, 4) is 0 Å². The van der Waals surface area contributed by atoms with Gasteiger partial charge in [-0.15, -0.1) is 11.3 Å². The zero-order chi connectivity index (χ0) is 21.5. The summed E-state index contributed by atoms with van der Waals surface area (Å²) in [4.78, 5) is 20.5. The molecule has 2 aromatic carbocycles. The molecule has 4 aromatic rings. The van der Waals surface area contributed by atoms with E-state index in [9.17, 15) is 4.79 Å². The molecule has 156 valence electrons. The molecule has 1 atom stereocenters. The highest BCUT2D eigenvalue weighted by Crippen LogP contribution is 2.42. The van der Waals surface area contributed by atoms with Crippen molar-refractivity contribution < 1.29 is 0 Å². The summed E-state index contributed by atoms with van der Waals surface area (Å²) < 4.78 is 2.62. The van der Waals surface area contributed by atoms with E-state index in [1.165, 1.54) is 32.9 Å². The Morgan fingerprint density at radius 3 is 2.66 bits per heavy atom. The molecule has 0 bridgehead atoms. The van der Waals surface area contributed by atoms with Gasteiger partial charge in [0, 0.05) is 10.4 Å². The number of nitrogens with zero attached hydrogens (tertiary/aromatic N) is 2. The van der Waals surface area contributed by atoms with Crippen molar-refractivity contribution in [1.29, 1.82) is 0 Å². The van der Waals surface area contributed by atoms with Crippen LogP contribution in [0.25, 0.3) is 17.8 Å². The number of aromatic nitrogens is 1. The van der Waals surface area contributed by atoms with Gasteiger partial charge in [-0.05, 0) is 47.1 Å². The molecule has 1 aliphatic carbocycles. The van der Waals surface area contributed by atoms with Crippen LogP contribution in [0.2, 0.25) is 0 Å². The molecule has 0 unspecified atom stereocenters. The van der Waals surface area contributed by atoms with Crippen molar-refractivity contribution in [2.45, 2.75) is 18.9 Å². The number of benzene rings is 2. The van der Waals surface area contributed by atoms with Crippen molar-refractivity contribution in [3.05, 3.63) is 125 Å². The largest absolute Gasteiger partial charge is 0.271 e. The number of rotatable bonds is 3. The number of thiazole rings is 1. The lowest BCUT2D eigenvalue weighted by molar-refractivity contribution is 0.593. The Kier molecular flexibility index (Phi) is 4.86. The molecular weight excluding hydrogens is 432 g/mol. The fourth-order valence-corrected chi connectivity index (χ4v) is 6.34. The van der Waals surface area contributed by atoms with Crippen LogP contribution < -0.4 is 14.9 Å². The quantitative estimate of drug-likeness (QED) is 0.429. The maximum absolute atomic E-state index is 13.5. The number of hydrogen-bond donors (Lipinski definition) is 0. The zero-order valence-corrected chi connectivity index (χ0v) is 18.9. The molecule has 3 nitrogen and oxygen atoms in total. The minimum Gasteiger partial charge on any atom is -0.271 e. The third kappa shape index (κ3) is 3.25. The lowest BCUT2D eigenvalue weighted by Crippen LogP contribution is -2.38. The number of fused-ring (bicyclic) bond motifs is 3. The van der Waals surface area contributed by atoms with Crippen molar-refractivity contribution >= 4 is 40.5 Å². The highest BCUT2D eigenvalue weighted by molar-refractivity contribution is 7.10. The maximum atomic E-state index is 13.5. The molecule has 0 fully saturated rings. The van der Waals surface area contributed by atoms with Gasteiger partial charge in [-0.1, -0.05) is 84.2 Å². The maximum Gasteiger partial charge on any atom is 0.271 e. The summed E-state index contributed by atoms with van der Waals surface area (Å²) in [6, 6.07) is 22.8. The zero-order valence-electron chi connectivity index (χ0n) is 17.3.